The van der Waals surface area contributed by atoms with E-state index in [1.807, 2.05) is 12.1 Å². The Balaban J connectivity index is 2.28. The molecule has 0 radical (unpaired) electrons. The fraction of sp³-hybridized carbons (Fsp3) is 0.312. The maximum absolute atomic E-state index is 12.6. The van der Waals surface area contributed by atoms with Crippen molar-refractivity contribution in [3.05, 3.63) is 48.0 Å². The summed E-state index contributed by atoms with van der Waals surface area (Å²) in [5, 5.41) is 9.21. The first-order chi connectivity index (χ1) is 10.6. The van der Waals surface area contributed by atoms with Gasteiger partial charge in [-0.25, -0.2) is 4.79 Å². The lowest BCUT2D eigenvalue weighted by atomic mass is 10.1. The lowest BCUT2D eigenvalue weighted by Crippen LogP contribution is -2.39. The lowest BCUT2D eigenvalue weighted by molar-refractivity contribution is -0.138. The molecule has 0 saturated heterocycles. The number of carboxylic acids is 1. The summed E-state index contributed by atoms with van der Waals surface area (Å²) in [4.78, 5) is 29.6. The molecule has 0 spiro atoms. The SMILES string of the molecule is O=C(O)[C@H](CCS)N=C1C=CCCN1C(=O)c1ccccc1. The number of rotatable bonds is 5. The molecule has 22 heavy (non-hydrogen) atoms. The Hall–Kier alpha value is -2.08. The van der Waals surface area contributed by atoms with Crippen LogP contribution >= 0.6 is 12.6 Å². The van der Waals surface area contributed by atoms with E-state index in [-0.39, 0.29) is 5.91 Å². The summed E-state index contributed by atoms with van der Waals surface area (Å²) >= 11 is 4.06. The summed E-state index contributed by atoms with van der Waals surface area (Å²) in [6, 6.07) is 8.02. The molecule has 1 aliphatic rings. The van der Waals surface area contributed by atoms with Crippen LogP contribution in [0, 0.1) is 0 Å². The quantitative estimate of drug-likeness (QED) is 0.818. The van der Waals surface area contributed by atoms with Gasteiger partial charge in [-0.1, -0.05) is 24.3 Å². The third-order valence-corrected chi connectivity index (χ3v) is 3.56. The molecular weight excluding hydrogens is 300 g/mol. The molecule has 6 heteroatoms. The Morgan fingerprint density at radius 3 is 2.68 bits per heavy atom. The van der Waals surface area contributed by atoms with E-state index in [4.69, 9.17) is 0 Å². The van der Waals surface area contributed by atoms with Gasteiger partial charge in [0.2, 0.25) is 0 Å². The van der Waals surface area contributed by atoms with E-state index in [0.717, 1.165) is 6.42 Å². The molecule has 1 heterocycles. The molecule has 2 rings (SSSR count). The van der Waals surface area contributed by atoms with Crippen molar-refractivity contribution in [1.29, 1.82) is 0 Å². The van der Waals surface area contributed by atoms with Crippen LogP contribution in [-0.4, -0.2) is 46.1 Å². The van der Waals surface area contributed by atoms with Gasteiger partial charge < -0.3 is 5.11 Å². The second-order valence-corrected chi connectivity index (χ2v) is 5.31. The Bertz CT molecular complexity index is 599. The molecule has 1 N–H and O–H groups in total. The normalized spacial score (nSPS) is 17.5. The Morgan fingerprint density at radius 2 is 2.05 bits per heavy atom. The number of carboxylic acid groups (broad SMARTS) is 1. The van der Waals surface area contributed by atoms with E-state index in [1.54, 1.807) is 30.3 Å². The minimum atomic E-state index is -1.01. The molecular formula is C16H18N2O3S. The fourth-order valence-corrected chi connectivity index (χ4v) is 2.42. The Morgan fingerprint density at radius 1 is 1.32 bits per heavy atom. The third kappa shape index (κ3) is 3.98. The van der Waals surface area contributed by atoms with Crippen LogP contribution in [-0.2, 0) is 4.79 Å². The number of thiol groups is 1. The van der Waals surface area contributed by atoms with E-state index in [1.165, 1.54) is 4.90 Å². The first-order valence-corrected chi connectivity index (χ1v) is 7.71. The van der Waals surface area contributed by atoms with E-state index >= 15 is 0 Å². The zero-order valence-electron chi connectivity index (χ0n) is 12.1. The van der Waals surface area contributed by atoms with Crippen molar-refractivity contribution in [1.82, 2.24) is 4.90 Å². The molecule has 0 fully saturated rings. The smallest absolute Gasteiger partial charge is 0.328 e. The summed E-state index contributed by atoms with van der Waals surface area (Å²) in [6.07, 6.45) is 4.65. The number of hydrogen-bond acceptors (Lipinski definition) is 4. The van der Waals surface area contributed by atoms with Gasteiger partial charge in [-0.2, -0.15) is 12.6 Å². The maximum atomic E-state index is 12.6. The van der Waals surface area contributed by atoms with Crippen LogP contribution in [0.2, 0.25) is 0 Å². The monoisotopic (exact) mass is 318 g/mol. The number of aliphatic imine (C=N–C) groups is 1. The Labute approximate surface area is 134 Å². The number of amidine groups is 1. The highest BCUT2D eigenvalue weighted by Crippen LogP contribution is 2.13. The van der Waals surface area contributed by atoms with Crippen molar-refractivity contribution in [2.24, 2.45) is 4.99 Å². The Kier molecular flexibility index (Phi) is 5.77. The molecule has 116 valence electrons. The highest BCUT2D eigenvalue weighted by Gasteiger charge is 2.24. The predicted octanol–water partition coefficient (Wildman–Crippen LogP) is 2.26. The zero-order valence-corrected chi connectivity index (χ0v) is 12.9. The number of benzene rings is 1. The largest absolute Gasteiger partial charge is 0.480 e. The second kappa shape index (κ2) is 7.79. The van der Waals surface area contributed by atoms with Gasteiger partial charge in [0.25, 0.3) is 5.91 Å². The highest BCUT2D eigenvalue weighted by molar-refractivity contribution is 7.80. The topological polar surface area (TPSA) is 70.0 Å². The molecule has 1 aromatic carbocycles. The van der Waals surface area contributed by atoms with Gasteiger partial charge in [-0.3, -0.25) is 14.7 Å². The van der Waals surface area contributed by atoms with Gasteiger partial charge in [-0.15, -0.1) is 0 Å². The molecule has 1 aromatic rings. The molecule has 0 aliphatic carbocycles. The second-order valence-electron chi connectivity index (χ2n) is 4.87. The highest BCUT2D eigenvalue weighted by atomic mass is 32.1. The van der Waals surface area contributed by atoms with Gasteiger partial charge in [0.1, 0.15) is 5.84 Å². The summed E-state index contributed by atoms with van der Waals surface area (Å²) in [5.41, 5.74) is 0.562. The van der Waals surface area contributed by atoms with E-state index in [2.05, 4.69) is 17.6 Å². The van der Waals surface area contributed by atoms with Crippen molar-refractivity contribution in [2.75, 3.05) is 12.3 Å². The number of aliphatic carboxylic acids is 1. The lowest BCUT2D eigenvalue weighted by Gasteiger charge is -2.26. The average molecular weight is 318 g/mol. The van der Waals surface area contributed by atoms with E-state index < -0.39 is 12.0 Å². The van der Waals surface area contributed by atoms with E-state index in [9.17, 15) is 14.7 Å². The number of nitrogens with zero attached hydrogens (tertiary/aromatic N) is 2. The molecule has 1 atom stereocenters. The average Bonchev–Trinajstić information content (AvgIpc) is 2.55. The van der Waals surface area contributed by atoms with Gasteiger partial charge in [0.05, 0.1) is 0 Å². The van der Waals surface area contributed by atoms with Crippen LogP contribution in [0.5, 0.6) is 0 Å². The first kappa shape index (κ1) is 16.3. The van der Waals surface area contributed by atoms with Crippen molar-refractivity contribution in [3.63, 3.8) is 0 Å². The minimum absolute atomic E-state index is 0.168. The molecule has 1 aliphatic heterocycles. The number of hydrogen-bond donors (Lipinski definition) is 2. The van der Waals surface area contributed by atoms with Crippen LogP contribution in [0.15, 0.2) is 47.5 Å². The zero-order chi connectivity index (χ0) is 15.9. The third-order valence-electron chi connectivity index (χ3n) is 3.30. The van der Waals surface area contributed by atoms with E-state index in [0.29, 0.717) is 30.1 Å². The van der Waals surface area contributed by atoms with Crippen LogP contribution in [0.25, 0.3) is 0 Å². The first-order valence-electron chi connectivity index (χ1n) is 7.08. The fourth-order valence-electron chi connectivity index (χ4n) is 2.18. The van der Waals surface area contributed by atoms with Crippen LogP contribution in [0.4, 0.5) is 0 Å². The summed E-state index contributed by atoms with van der Waals surface area (Å²) in [6.45, 7) is 0.496. The van der Waals surface area contributed by atoms with Gasteiger partial charge >= 0.3 is 5.97 Å². The minimum Gasteiger partial charge on any atom is -0.480 e. The van der Waals surface area contributed by atoms with Crippen molar-refractivity contribution >= 4 is 30.3 Å². The van der Waals surface area contributed by atoms with Gasteiger partial charge in [-0.05, 0) is 36.8 Å². The number of carbonyl (C=O) groups excluding carboxylic acids is 1. The predicted molar refractivity (Wildman–Crippen MR) is 88.6 cm³/mol. The maximum Gasteiger partial charge on any atom is 0.328 e. The molecule has 0 saturated carbocycles. The molecule has 5 nitrogen and oxygen atoms in total. The molecule has 0 aromatic heterocycles. The number of amides is 1. The molecule has 1 amide bonds. The summed E-state index contributed by atoms with van der Waals surface area (Å²) in [7, 11) is 0. The standard InChI is InChI=1S/C16H18N2O3S/c19-15(12-6-2-1-3-7-12)18-10-5-4-8-14(18)17-13(9-11-22)16(20)21/h1-4,6-8,13,22H,5,9-11H2,(H,20,21)/t13-/m0/s1. The molecule has 0 unspecified atom stereocenters. The van der Waals surface area contributed by atoms with Crippen LogP contribution in [0.1, 0.15) is 23.2 Å². The summed E-state index contributed by atoms with van der Waals surface area (Å²) < 4.78 is 0. The van der Waals surface area contributed by atoms with Crippen molar-refractivity contribution in [2.45, 2.75) is 18.9 Å². The van der Waals surface area contributed by atoms with Gasteiger partial charge in [0, 0.05) is 12.1 Å². The van der Waals surface area contributed by atoms with Crippen LogP contribution in [0.3, 0.4) is 0 Å². The van der Waals surface area contributed by atoms with Crippen molar-refractivity contribution in [3.8, 4) is 0 Å². The number of carbonyl (C=O) groups is 2. The van der Waals surface area contributed by atoms with Crippen LogP contribution < -0.4 is 0 Å². The van der Waals surface area contributed by atoms with Gasteiger partial charge in [0.15, 0.2) is 6.04 Å². The van der Waals surface area contributed by atoms with Crippen molar-refractivity contribution < 1.29 is 14.7 Å². The summed E-state index contributed by atoms with van der Waals surface area (Å²) in [5.74, 6) is -0.356. The molecule has 0 bridgehead atoms.